The van der Waals surface area contributed by atoms with Crippen molar-refractivity contribution in [3.05, 3.63) is 65.7 Å². The molecule has 0 spiro atoms. The highest BCUT2D eigenvalue weighted by Crippen LogP contribution is 2.35. The number of benzene rings is 2. The average molecular weight is 546 g/mol. The SMILES string of the molecule is CNC(=O)CNC(=O)C(c1nc2cc(F)c(-c3cccc(-n4cccn4)c3)cc2s1)S(=O)(=O)CCOC. The molecular formula is C24H24FN5O5S2. The lowest BCUT2D eigenvalue weighted by atomic mass is 10.0. The van der Waals surface area contributed by atoms with Gasteiger partial charge in [-0.05, 0) is 29.8 Å². The summed E-state index contributed by atoms with van der Waals surface area (Å²) in [6.07, 6.45) is 3.41. The van der Waals surface area contributed by atoms with Crippen molar-refractivity contribution >= 4 is 43.2 Å². The second-order valence-corrected chi connectivity index (χ2v) is 11.3. The van der Waals surface area contributed by atoms with Crippen LogP contribution in [0.15, 0.2) is 54.9 Å². The fourth-order valence-corrected chi connectivity index (χ4v) is 6.59. The van der Waals surface area contributed by atoms with Crippen LogP contribution in [-0.4, -0.2) is 68.1 Å². The Balaban J connectivity index is 1.74. The van der Waals surface area contributed by atoms with E-state index in [4.69, 9.17) is 4.74 Å². The summed E-state index contributed by atoms with van der Waals surface area (Å²) in [4.78, 5) is 28.8. The molecule has 2 amide bonds. The Labute approximate surface area is 216 Å². The average Bonchev–Trinajstić information content (AvgIpc) is 3.55. The number of ether oxygens (including phenoxy) is 1. The number of aromatic nitrogens is 3. The second kappa shape index (κ2) is 11.2. The van der Waals surface area contributed by atoms with Gasteiger partial charge < -0.3 is 15.4 Å². The van der Waals surface area contributed by atoms with Crippen LogP contribution in [0, 0.1) is 5.82 Å². The summed E-state index contributed by atoms with van der Waals surface area (Å²) < 4.78 is 48.4. The normalized spacial score (nSPS) is 12.4. The molecule has 194 valence electrons. The van der Waals surface area contributed by atoms with E-state index in [0.29, 0.717) is 15.8 Å². The number of nitrogens with zero attached hydrogens (tertiary/aromatic N) is 3. The maximum atomic E-state index is 15.2. The highest BCUT2D eigenvalue weighted by molar-refractivity contribution is 7.92. The van der Waals surface area contributed by atoms with E-state index in [1.54, 1.807) is 47.4 Å². The predicted octanol–water partition coefficient (Wildman–Crippen LogP) is 2.25. The Morgan fingerprint density at radius 1 is 1.22 bits per heavy atom. The van der Waals surface area contributed by atoms with Crippen molar-refractivity contribution in [1.29, 1.82) is 0 Å². The molecule has 0 aliphatic rings. The monoisotopic (exact) mass is 545 g/mol. The molecule has 0 saturated carbocycles. The van der Waals surface area contributed by atoms with Gasteiger partial charge in [-0.15, -0.1) is 11.3 Å². The molecule has 0 fully saturated rings. The van der Waals surface area contributed by atoms with Crippen LogP contribution in [0.3, 0.4) is 0 Å². The molecule has 2 aromatic carbocycles. The molecule has 37 heavy (non-hydrogen) atoms. The largest absolute Gasteiger partial charge is 0.384 e. The minimum Gasteiger partial charge on any atom is -0.384 e. The zero-order valence-electron chi connectivity index (χ0n) is 20.0. The number of hydrogen-bond donors (Lipinski definition) is 2. The lowest BCUT2D eigenvalue weighted by molar-refractivity contribution is -0.125. The topological polar surface area (TPSA) is 132 Å². The highest BCUT2D eigenvalue weighted by Gasteiger charge is 2.37. The van der Waals surface area contributed by atoms with Gasteiger partial charge in [-0.25, -0.2) is 22.5 Å². The lowest BCUT2D eigenvalue weighted by Gasteiger charge is -2.15. The number of rotatable bonds is 10. The van der Waals surface area contributed by atoms with Crippen LogP contribution >= 0.6 is 11.3 Å². The van der Waals surface area contributed by atoms with Crippen molar-refractivity contribution in [1.82, 2.24) is 25.4 Å². The number of halogens is 1. The smallest absolute Gasteiger partial charge is 0.245 e. The van der Waals surface area contributed by atoms with E-state index in [9.17, 15) is 18.0 Å². The highest BCUT2D eigenvalue weighted by atomic mass is 32.2. The van der Waals surface area contributed by atoms with E-state index in [-0.39, 0.29) is 17.1 Å². The first-order chi connectivity index (χ1) is 17.7. The van der Waals surface area contributed by atoms with Gasteiger partial charge in [0.15, 0.2) is 15.1 Å². The van der Waals surface area contributed by atoms with Crippen LogP contribution < -0.4 is 10.6 Å². The number of methoxy groups -OCH3 is 1. The summed E-state index contributed by atoms with van der Waals surface area (Å²) in [5.74, 6) is -2.37. The molecule has 4 aromatic rings. The van der Waals surface area contributed by atoms with Crippen molar-refractivity contribution in [3.8, 4) is 16.8 Å². The minimum absolute atomic E-state index is 0.0256. The quantitative estimate of drug-likeness (QED) is 0.312. The first kappa shape index (κ1) is 26.4. The van der Waals surface area contributed by atoms with E-state index < -0.39 is 45.0 Å². The summed E-state index contributed by atoms with van der Waals surface area (Å²) in [5.41, 5.74) is 1.84. The molecule has 0 saturated heterocycles. The van der Waals surface area contributed by atoms with Gasteiger partial charge in [-0.2, -0.15) is 5.10 Å². The number of hydrogen-bond acceptors (Lipinski definition) is 8. The van der Waals surface area contributed by atoms with Crippen LogP contribution in [0.5, 0.6) is 0 Å². The van der Waals surface area contributed by atoms with Crippen molar-refractivity contribution in [2.24, 2.45) is 0 Å². The fraction of sp³-hybridized carbons (Fsp3) is 0.250. The Morgan fingerprint density at radius 3 is 2.73 bits per heavy atom. The molecule has 0 aliphatic heterocycles. The van der Waals surface area contributed by atoms with Crippen molar-refractivity contribution in [2.45, 2.75) is 5.25 Å². The minimum atomic E-state index is -4.07. The van der Waals surface area contributed by atoms with E-state index in [1.165, 1.54) is 20.2 Å². The molecule has 2 N–H and O–H groups in total. The summed E-state index contributed by atoms with van der Waals surface area (Å²) in [6, 6.07) is 11.7. The van der Waals surface area contributed by atoms with Crippen LogP contribution in [-0.2, 0) is 24.2 Å². The maximum Gasteiger partial charge on any atom is 0.245 e. The molecule has 2 aromatic heterocycles. The standard InChI is InChI=1S/C24H24FN5O5S2/c1-26-21(31)14-27-23(32)22(37(33,34)10-9-35-2)24-29-19-13-18(25)17(12-20(19)36-24)15-5-3-6-16(11-15)30-8-4-7-28-30/h3-8,11-13,22H,9-10,14H2,1-2H3,(H,26,31)(H,27,32). The molecule has 2 heterocycles. The van der Waals surface area contributed by atoms with Gasteiger partial charge in [0.25, 0.3) is 0 Å². The number of amides is 2. The van der Waals surface area contributed by atoms with E-state index in [1.807, 2.05) is 6.07 Å². The molecule has 0 bridgehead atoms. The molecule has 10 nitrogen and oxygen atoms in total. The van der Waals surface area contributed by atoms with Crippen molar-refractivity contribution in [2.75, 3.05) is 33.1 Å². The van der Waals surface area contributed by atoms with Gasteiger partial charge in [0, 0.05) is 38.2 Å². The van der Waals surface area contributed by atoms with Crippen LogP contribution in [0.1, 0.15) is 10.3 Å². The number of likely N-dealkylation sites (N-methyl/N-ethyl adjacent to an activating group) is 1. The third-order valence-electron chi connectivity index (χ3n) is 5.52. The van der Waals surface area contributed by atoms with Crippen LogP contribution in [0.25, 0.3) is 27.0 Å². The van der Waals surface area contributed by atoms with Crippen LogP contribution in [0.2, 0.25) is 0 Å². The summed E-state index contributed by atoms with van der Waals surface area (Å²) in [7, 11) is -1.33. The predicted molar refractivity (Wildman–Crippen MR) is 138 cm³/mol. The molecule has 4 rings (SSSR count). The fourth-order valence-electron chi connectivity index (χ4n) is 3.63. The van der Waals surface area contributed by atoms with Gasteiger partial charge in [-0.3, -0.25) is 9.59 Å². The van der Waals surface area contributed by atoms with E-state index in [0.717, 1.165) is 17.0 Å². The Hall–Kier alpha value is -3.68. The van der Waals surface area contributed by atoms with Crippen molar-refractivity contribution < 1.29 is 27.1 Å². The van der Waals surface area contributed by atoms with E-state index in [2.05, 4.69) is 20.7 Å². The molecule has 13 heteroatoms. The Morgan fingerprint density at radius 2 is 2.03 bits per heavy atom. The first-order valence-corrected chi connectivity index (χ1v) is 13.7. The van der Waals surface area contributed by atoms with Gasteiger partial charge in [-0.1, -0.05) is 12.1 Å². The summed E-state index contributed by atoms with van der Waals surface area (Å²) in [5, 5.41) is 7.18. The van der Waals surface area contributed by atoms with Gasteiger partial charge in [0.2, 0.25) is 11.8 Å². The molecular weight excluding hydrogens is 521 g/mol. The second-order valence-electron chi connectivity index (χ2n) is 7.98. The van der Waals surface area contributed by atoms with E-state index >= 15 is 4.39 Å². The number of sulfone groups is 1. The van der Waals surface area contributed by atoms with Crippen LogP contribution in [0.4, 0.5) is 4.39 Å². The van der Waals surface area contributed by atoms with Gasteiger partial charge >= 0.3 is 0 Å². The number of fused-ring (bicyclic) bond motifs is 1. The van der Waals surface area contributed by atoms with Gasteiger partial charge in [0.1, 0.15) is 10.8 Å². The maximum absolute atomic E-state index is 15.2. The number of carbonyl (C=O) groups is 2. The summed E-state index contributed by atoms with van der Waals surface area (Å²) in [6.45, 7) is -0.528. The molecule has 0 aliphatic carbocycles. The summed E-state index contributed by atoms with van der Waals surface area (Å²) >= 11 is 0.977. The zero-order valence-corrected chi connectivity index (χ0v) is 21.6. The number of nitrogens with one attached hydrogen (secondary N) is 2. The molecule has 1 atom stereocenters. The number of thiazole rings is 1. The molecule has 0 radical (unpaired) electrons. The third-order valence-corrected chi connectivity index (χ3v) is 8.64. The lowest BCUT2D eigenvalue weighted by Crippen LogP contribution is -2.40. The third kappa shape index (κ3) is 5.84. The Kier molecular flexibility index (Phi) is 7.95. The zero-order chi connectivity index (χ0) is 26.6. The Bertz CT molecular complexity index is 1540. The first-order valence-electron chi connectivity index (χ1n) is 11.1. The molecule has 1 unspecified atom stereocenters. The number of carbonyl (C=O) groups excluding carboxylic acids is 2. The van der Waals surface area contributed by atoms with Crippen molar-refractivity contribution in [3.63, 3.8) is 0 Å². The van der Waals surface area contributed by atoms with Gasteiger partial charge in [0.05, 0.1) is 34.8 Å².